The molecule has 0 amide bonds. The zero-order valence-electron chi connectivity index (χ0n) is 55.2. The fourth-order valence-electron chi connectivity index (χ4n) is 16.6. The van der Waals surface area contributed by atoms with E-state index in [4.69, 9.17) is 4.74 Å². The molecule has 0 atom stereocenters. The third-order valence-corrected chi connectivity index (χ3v) is 23.9. The number of hydrogen-bond donors (Lipinski definition) is 0. The lowest BCUT2D eigenvalue weighted by atomic mass is 9.30. The van der Waals surface area contributed by atoms with E-state index in [0.717, 1.165) is 40.5 Å². The van der Waals surface area contributed by atoms with Crippen molar-refractivity contribution in [2.45, 2.75) is 145 Å². The highest BCUT2D eigenvalue weighted by Crippen LogP contribution is 2.54. The Morgan fingerprint density at radius 3 is 1.48 bits per heavy atom. The molecule has 16 rings (SSSR count). The van der Waals surface area contributed by atoms with Crippen LogP contribution in [-0.4, -0.2) is 13.4 Å². The monoisotopic (exact) mass is 1210 g/mol. The van der Waals surface area contributed by atoms with E-state index < -0.39 is 0 Å². The molecule has 0 spiro atoms. The molecule has 0 bridgehead atoms. The van der Waals surface area contributed by atoms with Crippen LogP contribution >= 0.6 is 22.7 Å². The Bertz CT molecular complexity index is 4830. The van der Waals surface area contributed by atoms with Crippen LogP contribution in [0.5, 0.6) is 11.5 Å². The molecule has 0 unspecified atom stereocenters. The molecule has 11 aromatic rings. The van der Waals surface area contributed by atoms with Crippen molar-refractivity contribution in [3.8, 4) is 33.8 Å². The van der Waals surface area contributed by atoms with Gasteiger partial charge < -0.3 is 19.4 Å². The highest BCUT2D eigenvalue weighted by Gasteiger charge is 2.50. The van der Waals surface area contributed by atoms with E-state index in [-0.39, 0.29) is 35.1 Å². The molecule has 446 valence electrons. The highest BCUT2D eigenvalue weighted by atomic mass is 32.1. The van der Waals surface area contributed by atoms with Gasteiger partial charge in [0, 0.05) is 65.3 Å². The Hall–Kier alpha value is -8.03. The molecule has 4 nitrogen and oxygen atoms in total. The van der Waals surface area contributed by atoms with Gasteiger partial charge in [0.25, 0.3) is 13.4 Å². The van der Waals surface area contributed by atoms with E-state index in [1.54, 1.807) is 0 Å². The van der Waals surface area contributed by atoms with Gasteiger partial charge in [-0.15, -0.1) is 22.7 Å². The first-order valence-electron chi connectivity index (χ1n) is 32.6. The first-order chi connectivity index (χ1) is 42.8. The molecule has 6 heterocycles. The second-order valence-electron chi connectivity index (χ2n) is 30.4. The first kappa shape index (κ1) is 57.2. The number of ether oxygens (including phenoxy) is 1. The fraction of sp³-hybridized carbons (Fsp3) is 0.268. The third-order valence-electron chi connectivity index (χ3n) is 20.8. The number of fused-ring (bicyclic) bond motifs is 11. The standard InChI is InChI=1S/C82H79B2N3OS2/c1-46-33-48(3)73(49(4)34-46)52-37-66-75-67(38-52)87(56-27-28-58-59(41-56)82(15,16)32-31-81(58,13)14)78-63(44-72(90-78)80(10,11)12)84(75)62-43-61-64(45-65(62)85(66)54-23-19-17-20-24-54)86(55-25-21-18-22-26-55)68-39-53(74-50(5)35-47(2)36-51(74)6)40-69-76(68)83(61)60-29-30-70-57(77(60)88-69)42-71(89-70)79(7,8)9/h17-30,33-45H,31-32H2,1-16H3. The van der Waals surface area contributed by atoms with Crippen molar-refractivity contribution in [1.29, 1.82) is 0 Å². The molecule has 9 aromatic carbocycles. The zero-order valence-corrected chi connectivity index (χ0v) is 56.9. The minimum atomic E-state index is -0.146. The summed E-state index contributed by atoms with van der Waals surface area (Å²) in [6.07, 6.45) is 2.32. The van der Waals surface area contributed by atoms with Gasteiger partial charge in [-0.3, -0.25) is 0 Å². The quantitative estimate of drug-likeness (QED) is 0.160. The maximum Gasteiger partial charge on any atom is 0.256 e. The van der Waals surface area contributed by atoms with E-state index in [9.17, 15) is 0 Å². The normalized spacial score (nSPS) is 15.6. The first-order valence-corrected chi connectivity index (χ1v) is 34.2. The van der Waals surface area contributed by atoms with E-state index in [1.807, 2.05) is 22.7 Å². The van der Waals surface area contributed by atoms with Crippen LogP contribution in [0.25, 0.3) is 32.3 Å². The molecular weight excluding hydrogens is 1130 g/mol. The summed E-state index contributed by atoms with van der Waals surface area (Å²) < 4.78 is 8.92. The van der Waals surface area contributed by atoms with Crippen LogP contribution in [0.1, 0.15) is 136 Å². The lowest BCUT2D eigenvalue weighted by molar-refractivity contribution is 0.332. The summed E-state index contributed by atoms with van der Waals surface area (Å²) in [5.74, 6) is 1.90. The van der Waals surface area contributed by atoms with E-state index >= 15 is 0 Å². The Morgan fingerprint density at radius 1 is 0.422 bits per heavy atom. The maximum absolute atomic E-state index is 7.66. The van der Waals surface area contributed by atoms with Crippen LogP contribution in [0.2, 0.25) is 0 Å². The summed E-state index contributed by atoms with van der Waals surface area (Å²) in [5.41, 5.74) is 32.7. The SMILES string of the molecule is Cc1cc(C)c(-c2cc3c4c(c2)N(c2ccccc2)c2cc5c(cc2B4c2ccc4sc(C(C)(C)C)cc4c2O3)B2c3cc(C(C)(C)C)sc3N(c3ccc4c(c3)C(C)(C)CCC4(C)C)c3cc(-c4c(C)cc(C)cc4C)cc(c32)N5c2ccccc2)c(C)c1. The molecule has 0 fully saturated rings. The van der Waals surface area contributed by atoms with Crippen LogP contribution in [0, 0.1) is 41.5 Å². The van der Waals surface area contributed by atoms with Gasteiger partial charge in [-0.2, -0.15) is 0 Å². The lowest BCUT2D eigenvalue weighted by Crippen LogP contribution is -2.64. The summed E-state index contributed by atoms with van der Waals surface area (Å²) >= 11 is 3.90. The number of nitrogens with zero attached hydrogens (tertiary/aromatic N) is 3. The molecule has 0 radical (unpaired) electrons. The summed E-state index contributed by atoms with van der Waals surface area (Å²) in [4.78, 5) is 10.7. The van der Waals surface area contributed by atoms with Crippen LogP contribution in [0.3, 0.4) is 0 Å². The largest absolute Gasteiger partial charge is 0.458 e. The van der Waals surface area contributed by atoms with Crippen molar-refractivity contribution in [2.24, 2.45) is 0 Å². The Labute approximate surface area is 542 Å². The average Bonchev–Trinajstić information content (AvgIpc) is 1.02. The predicted octanol–water partition coefficient (Wildman–Crippen LogP) is 19.6. The van der Waals surface area contributed by atoms with E-state index in [2.05, 4.69) is 289 Å². The number of anilines is 9. The third kappa shape index (κ3) is 8.59. The summed E-state index contributed by atoms with van der Waals surface area (Å²) in [6.45, 7) is 37.4. The smallest absolute Gasteiger partial charge is 0.256 e. The lowest BCUT2D eigenvalue weighted by Gasteiger charge is -2.46. The second-order valence-corrected chi connectivity index (χ2v) is 32.5. The molecule has 0 saturated heterocycles. The summed E-state index contributed by atoms with van der Waals surface area (Å²) in [7, 11) is 0. The second kappa shape index (κ2) is 19.7. The van der Waals surface area contributed by atoms with Crippen molar-refractivity contribution >= 4 is 129 Å². The topological polar surface area (TPSA) is 19.0 Å². The molecule has 1 aliphatic carbocycles. The van der Waals surface area contributed by atoms with Gasteiger partial charge in [0.1, 0.15) is 11.5 Å². The van der Waals surface area contributed by atoms with Crippen LogP contribution < -0.4 is 52.2 Å². The van der Waals surface area contributed by atoms with Crippen molar-refractivity contribution < 1.29 is 4.74 Å². The summed E-state index contributed by atoms with van der Waals surface area (Å²) in [6, 6.07) is 64.5. The van der Waals surface area contributed by atoms with Crippen LogP contribution in [0.4, 0.5) is 50.5 Å². The van der Waals surface area contributed by atoms with Crippen molar-refractivity contribution in [3.05, 3.63) is 218 Å². The minimum absolute atomic E-state index is 0.0205. The Morgan fingerprint density at radius 2 is 0.922 bits per heavy atom. The Balaban J connectivity index is 1.04. The number of aryl methyl sites for hydroxylation is 6. The zero-order chi connectivity index (χ0) is 62.6. The van der Waals surface area contributed by atoms with Gasteiger partial charge in [-0.05, 0) is 243 Å². The molecule has 0 N–H and O–H groups in total. The van der Waals surface area contributed by atoms with Gasteiger partial charge in [-0.1, -0.05) is 165 Å². The fourth-order valence-corrected chi connectivity index (χ4v) is 19.0. The molecule has 8 heteroatoms. The average molecular weight is 1210 g/mol. The van der Waals surface area contributed by atoms with Gasteiger partial charge >= 0.3 is 0 Å². The number of benzene rings is 9. The van der Waals surface area contributed by atoms with Crippen molar-refractivity contribution in [2.75, 3.05) is 14.7 Å². The molecule has 4 aliphatic heterocycles. The number of thiophene rings is 2. The van der Waals surface area contributed by atoms with Gasteiger partial charge in [0.05, 0.1) is 5.00 Å². The minimum Gasteiger partial charge on any atom is -0.458 e. The molecule has 2 aromatic heterocycles. The maximum atomic E-state index is 7.66. The summed E-state index contributed by atoms with van der Waals surface area (Å²) in [5, 5.41) is 2.50. The number of hydrogen-bond acceptors (Lipinski definition) is 6. The van der Waals surface area contributed by atoms with Crippen LogP contribution in [-0.2, 0) is 21.7 Å². The predicted molar refractivity (Wildman–Crippen MR) is 392 cm³/mol. The van der Waals surface area contributed by atoms with Crippen LogP contribution in [0.15, 0.2) is 164 Å². The molecule has 0 saturated carbocycles. The number of para-hydroxylation sites is 2. The van der Waals surface area contributed by atoms with E-state index in [1.165, 1.54) is 154 Å². The highest BCUT2D eigenvalue weighted by molar-refractivity contribution is 7.20. The van der Waals surface area contributed by atoms with Crippen molar-refractivity contribution in [1.82, 2.24) is 0 Å². The van der Waals surface area contributed by atoms with Crippen molar-refractivity contribution in [3.63, 3.8) is 0 Å². The molecule has 5 aliphatic rings. The van der Waals surface area contributed by atoms with Gasteiger partial charge in [0.2, 0.25) is 0 Å². The molecular formula is C82H79B2N3OS2. The van der Waals surface area contributed by atoms with Gasteiger partial charge in [-0.25, -0.2) is 0 Å². The number of rotatable bonds is 5. The van der Waals surface area contributed by atoms with E-state index in [0.29, 0.717) is 0 Å². The molecule has 90 heavy (non-hydrogen) atoms. The Kier molecular flexibility index (Phi) is 12.5. The van der Waals surface area contributed by atoms with Gasteiger partial charge in [0.15, 0.2) is 0 Å².